The van der Waals surface area contributed by atoms with E-state index in [4.69, 9.17) is 0 Å². The van der Waals surface area contributed by atoms with E-state index in [1.54, 1.807) is 0 Å². The van der Waals surface area contributed by atoms with Crippen molar-refractivity contribution in [3.63, 3.8) is 0 Å². The van der Waals surface area contributed by atoms with Gasteiger partial charge in [-0.05, 0) is 20.8 Å². The van der Waals surface area contributed by atoms with E-state index in [1.807, 2.05) is 0 Å². The van der Waals surface area contributed by atoms with Crippen LogP contribution in [0.2, 0.25) is 0 Å². The predicted octanol–water partition coefficient (Wildman–Crippen LogP) is -0.415. The summed E-state index contributed by atoms with van der Waals surface area (Å²) in [6.45, 7) is 7.47. The van der Waals surface area contributed by atoms with Crippen LogP contribution in [0.1, 0.15) is 20.8 Å². The van der Waals surface area contributed by atoms with Gasteiger partial charge >= 0.3 is 0 Å². The summed E-state index contributed by atoms with van der Waals surface area (Å²) in [4.78, 5) is 0. The maximum atomic E-state index is 10.4. The molecule has 0 bridgehead atoms. The van der Waals surface area contributed by atoms with Crippen LogP contribution in [0, 0.1) is 0 Å². The quantitative estimate of drug-likeness (QED) is 0.585. The summed E-state index contributed by atoms with van der Waals surface area (Å²) >= 11 is 0. The van der Waals surface area contributed by atoms with Crippen molar-refractivity contribution in [1.82, 2.24) is 9.62 Å². The second kappa shape index (κ2) is 3.32. The Morgan fingerprint density at radius 2 is 1.83 bits per heavy atom. The zero-order valence-corrected chi connectivity index (χ0v) is 8.60. The van der Waals surface area contributed by atoms with Crippen molar-refractivity contribution in [2.75, 3.05) is 13.1 Å². The van der Waals surface area contributed by atoms with Crippen molar-refractivity contribution in [2.24, 2.45) is 0 Å². The number of nitrogens with one attached hydrogen (secondary N) is 1. The molecule has 1 fully saturated rings. The lowest BCUT2D eigenvalue weighted by Gasteiger charge is -2.39. The van der Waals surface area contributed by atoms with E-state index >= 15 is 0 Å². The molecule has 5 heteroatoms. The maximum absolute atomic E-state index is 10.4. The fourth-order valence-corrected chi connectivity index (χ4v) is 1.95. The molecule has 0 amide bonds. The molecule has 1 aliphatic heterocycles. The standard InChI is InChI=1S/C7H16N2O2S/c1-7(2,3)8-6-4-9(5-6)12(10)11/h6,8,12H,4-5H2,1-3H3. The van der Waals surface area contributed by atoms with Gasteiger partial charge in [-0.25, -0.2) is 12.7 Å². The van der Waals surface area contributed by atoms with Crippen LogP contribution >= 0.6 is 0 Å². The van der Waals surface area contributed by atoms with Crippen LogP contribution in [0.4, 0.5) is 0 Å². The Morgan fingerprint density at radius 1 is 1.33 bits per heavy atom. The predicted molar refractivity (Wildman–Crippen MR) is 48.6 cm³/mol. The highest BCUT2D eigenvalue weighted by atomic mass is 32.2. The minimum atomic E-state index is -2.35. The van der Waals surface area contributed by atoms with Gasteiger partial charge in [-0.2, -0.15) is 0 Å². The molecule has 12 heavy (non-hydrogen) atoms. The number of hydrogen-bond donors (Lipinski definition) is 2. The third kappa shape index (κ3) is 2.73. The molecule has 1 saturated heterocycles. The molecule has 0 aromatic heterocycles. The molecule has 0 aromatic rings. The minimum Gasteiger partial charge on any atom is -0.307 e. The molecule has 1 heterocycles. The SMILES string of the molecule is CC(C)(C)NC1CN([SH](=O)=O)C1. The first-order valence-electron chi connectivity index (χ1n) is 4.05. The van der Waals surface area contributed by atoms with Gasteiger partial charge in [-0.15, -0.1) is 0 Å². The van der Waals surface area contributed by atoms with Crippen LogP contribution in [0.3, 0.4) is 0 Å². The first kappa shape index (κ1) is 9.95. The van der Waals surface area contributed by atoms with Crippen LogP contribution in [-0.2, 0) is 10.9 Å². The van der Waals surface area contributed by atoms with Crippen LogP contribution in [0.5, 0.6) is 0 Å². The number of thiol groups is 1. The summed E-state index contributed by atoms with van der Waals surface area (Å²) in [5, 5.41) is 3.33. The van der Waals surface area contributed by atoms with Crippen LogP contribution in [0.25, 0.3) is 0 Å². The normalized spacial score (nSPS) is 21.3. The molecule has 0 aliphatic carbocycles. The number of hydrogen-bond acceptors (Lipinski definition) is 3. The Hall–Kier alpha value is -0.130. The van der Waals surface area contributed by atoms with Gasteiger partial charge in [0.2, 0.25) is 10.9 Å². The van der Waals surface area contributed by atoms with E-state index in [9.17, 15) is 8.42 Å². The Balaban J connectivity index is 2.27. The van der Waals surface area contributed by atoms with Gasteiger partial charge in [-0.1, -0.05) is 0 Å². The fraction of sp³-hybridized carbons (Fsp3) is 1.00. The fourth-order valence-electron chi connectivity index (χ4n) is 1.29. The number of nitrogens with zero attached hydrogens (tertiary/aromatic N) is 1. The first-order valence-corrected chi connectivity index (χ1v) is 5.18. The Bertz CT molecular complexity index is 218. The van der Waals surface area contributed by atoms with E-state index in [0.717, 1.165) is 0 Å². The lowest BCUT2D eigenvalue weighted by atomic mass is 10.0. The molecule has 1 N–H and O–H groups in total. The Morgan fingerprint density at radius 3 is 2.17 bits per heavy atom. The van der Waals surface area contributed by atoms with Gasteiger partial charge in [0.1, 0.15) is 0 Å². The molecule has 0 spiro atoms. The highest BCUT2D eigenvalue weighted by molar-refractivity contribution is 7.69. The molecular weight excluding hydrogens is 176 g/mol. The summed E-state index contributed by atoms with van der Waals surface area (Å²) in [6.07, 6.45) is 0. The van der Waals surface area contributed by atoms with E-state index in [2.05, 4.69) is 26.1 Å². The van der Waals surface area contributed by atoms with Gasteiger partial charge in [0.15, 0.2) is 0 Å². The summed E-state index contributed by atoms with van der Waals surface area (Å²) in [5.74, 6) is 0. The molecule has 1 aliphatic rings. The largest absolute Gasteiger partial charge is 0.307 e. The van der Waals surface area contributed by atoms with E-state index in [1.165, 1.54) is 4.31 Å². The van der Waals surface area contributed by atoms with Crippen molar-refractivity contribution in [3.05, 3.63) is 0 Å². The molecule has 0 saturated carbocycles. The third-order valence-corrected chi connectivity index (χ3v) is 2.52. The van der Waals surface area contributed by atoms with Crippen molar-refractivity contribution >= 4 is 10.9 Å². The Kier molecular flexibility index (Phi) is 2.75. The zero-order valence-electron chi connectivity index (χ0n) is 7.70. The molecule has 1 rings (SSSR count). The minimum absolute atomic E-state index is 0.0747. The summed E-state index contributed by atoms with van der Waals surface area (Å²) in [6, 6.07) is 0.331. The molecule has 0 unspecified atom stereocenters. The molecule has 0 aromatic carbocycles. The summed E-state index contributed by atoms with van der Waals surface area (Å²) in [5.41, 5.74) is 0.0747. The van der Waals surface area contributed by atoms with Crippen molar-refractivity contribution in [3.8, 4) is 0 Å². The third-order valence-electron chi connectivity index (χ3n) is 1.73. The molecule has 0 radical (unpaired) electrons. The van der Waals surface area contributed by atoms with E-state index in [0.29, 0.717) is 19.1 Å². The molecule has 72 valence electrons. The van der Waals surface area contributed by atoms with Crippen LogP contribution in [-0.4, -0.2) is 37.4 Å². The number of rotatable bonds is 2. The Labute approximate surface area is 75.0 Å². The van der Waals surface area contributed by atoms with E-state index < -0.39 is 10.9 Å². The van der Waals surface area contributed by atoms with Gasteiger partial charge in [-0.3, -0.25) is 0 Å². The molecular formula is C7H16N2O2S. The van der Waals surface area contributed by atoms with Crippen LogP contribution < -0.4 is 5.32 Å². The second-order valence-electron chi connectivity index (χ2n) is 4.20. The first-order chi connectivity index (χ1) is 5.38. The summed E-state index contributed by atoms with van der Waals surface area (Å²) < 4.78 is 22.3. The average molecular weight is 192 g/mol. The molecule has 0 atom stereocenters. The van der Waals surface area contributed by atoms with Crippen LogP contribution in [0.15, 0.2) is 0 Å². The smallest absolute Gasteiger partial charge is 0.204 e. The van der Waals surface area contributed by atoms with Crippen molar-refractivity contribution in [1.29, 1.82) is 0 Å². The lowest BCUT2D eigenvalue weighted by molar-refractivity contribution is 0.196. The van der Waals surface area contributed by atoms with Crippen molar-refractivity contribution in [2.45, 2.75) is 32.4 Å². The second-order valence-corrected chi connectivity index (χ2v) is 5.24. The zero-order chi connectivity index (χ0) is 9.35. The topological polar surface area (TPSA) is 49.4 Å². The monoisotopic (exact) mass is 192 g/mol. The van der Waals surface area contributed by atoms with Gasteiger partial charge in [0.05, 0.1) is 0 Å². The highest BCUT2D eigenvalue weighted by Gasteiger charge is 2.30. The molecule has 4 nitrogen and oxygen atoms in total. The highest BCUT2D eigenvalue weighted by Crippen LogP contribution is 2.11. The van der Waals surface area contributed by atoms with Gasteiger partial charge in [0.25, 0.3) is 0 Å². The van der Waals surface area contributed by atoms with Crippen molar-refractivity contribution < 1.29 is 8.42 Å². The maximum Gasteiger partial charge on any atom is 0.204 e. The lowest BCUT2D eigenvalue weighted by Crippen LogP contribution is -2.61. The van der Waals surface area contributed by atoms with E-state index in [-0.39, 0.29) is 5.54 Å². The van der Waals surface area contributed by atoms with Gasteiger partial charge < -0.3 is 5.32 Å². The average Bonchev–Trinajstić information content (AvgIpc) is 1.74. The summed E-state index contributed by atoms with van der Waals surface area (Å²) in [7, 11) is -2.35. The van der Waals surface area contributed by atoms with Gasteiger partial charge in [0, 0.05) is 24.7 Å².